The van der Waals surface area contributed by atoms with Crippen molar-refractivity contribution in [1.82, 2.24) is 20.8 Å². The Balaban J connectivity index is 1.75. The van der Waals surface area contributed by atoms with Crippen LogP contribution in [-0.4, -0.2) is 45.8 Å². The number of imidazole rings is 1. The molecule has 3 amide bonds. The maximum Gasteiger partial charge on any atom is 0.297 e. The number of carbonyl (C=O) groups excluding carboxylic acids is 3. The smallest absolute Gasteiger partial charge is 0.297 e. The quantitative estimate of drug-likeness (QED) is 0.183. The summed E-state index contributed by atoms with van der Waals surface area (Å²) in [5, 5.41) is 11.4. The van der Waals surface area contributed by atoms with E-state index < -0.39 is 23.4 Å². The SMILES string of the molecule is NC(=O)c1[nH]cnc1NN=C(C(=O)N/N=C\c1ccccc1)C(=O)N/N=C/c1ccccc1. The second-order valence-electron chi connectivity index (χ2n) is 6.28. The second kappa shape index (κ2) is 11.3. The number of aromatic amines is 1. The summed E-state index contributed by atoms with van der Waals surface area (Å²) in [5.41, 5.74) is 12.8. The first-order valence-corrected chi connectivity index (χ1v) is 9.48. The molecular formula is C21H19N9O3. The third-order valence-corrected chi connectivity index (χ3v) is 3.95. The Bertz CT molecular complexity index is 1140. The predicted molar refractivity (Wildman–Crippen MR) is 123 cm³/mol. The molecule has 0 bridgehead atoms. The highest BCUT2D eigenvalue weighted by Gasteiger charge is 2.21. The molecule has 3 aromatic rings. The van der Waals surface area contributed by atoms with Gasteiger partial charge in [0.15, 0.2) is 5.82 Å². The van der Waals surface area contributed by atoms with E-state index in [9.17, 15) is 14.4 Å². The molecule has 0 saturated heterocycles. The second-order valence-corrected chi connectivity index (χ2v) is 6.28. The molecule has 0 aliphatic heterocycles. The average Bonchev–Trinajstić information content (AvgIpc) is 3.30. The molecule has 0 aliphatic carbocycles. The van der Waals surface area contributed by atoms with Gasteiger partial charge in [-0.2, -0.15) is 15.3 Å². The Morgan fingerprint density at radius 2 is 1.36 bits per heavy atom. The van der Waals surface area contributed by atoms with Crippen molar-refractivity contribution >= 4 is 41.7 Å². The Morgan fingerprint density at radius 1 is 0.848 bits per heavy atom. The lowest BCUT2D eigenvalue weighted by molar-refractivity contribution is -0.118. The van der Waals surface area contributed by atoms with Crippen LogP contribution >= 0.6 is 0 Å². The van der Waals surface area contributed by atoms with E-state index in [1.807, 2.05) is 12.1 Å². The van der Waals surface area contributed by atoms with Crippen LogP contribution in [0.5, 0.6) is 0 Å². The van der Waals surface area contributed by atoms with Gasteiger partial charge in [0, 0.05) is 0 Å². The largest absolute Gasteiger partial charge is 0.364 e. The van der Waals surface area contributed by atoms with E-state index in [1.165, 1.54) is 18.8 Å². The number of benzene rings is 2. The molecule has 0 radical (unpaired) electrons. The lowest BCUT2D eigenvalue weighted by atomic mass is 10.2. The van der Waals surface area contributed by atoms with E-state index in [0.717, 1.165) is 11.1 Å². The number of hydrazone groups is 3. The standard InChI is InChI=1S/C21H19N9O3/c22-18(31)16-19(24-13-23-16)28-27-17(20(32)29-25-11-14-7-3-1-4-8-14)21(33)30-26-12-15-9-5-2-6-10-15/h1-13,28H,(H2,22,31)(H,23,24)(H,29,32)(H,30,33)/b25-11-,26-12+,27-17?. The van der Waals surface area contributed by atoms with Gasteiger partial charge in [-0.1, -0.05) is 60.7 Å². The molecule has 33 heavy (non-hydrogen) atoms. The number of H-pyrrole nitrogens is 1. The van der Waals surface area contributed by atoms with E-state index in [1.54, 1.807) is 48.5 Å². The molecule has 1 aromatic heterocycles. The number of anilines is 1. The van der Waals surface area contributed by atoms with Gasteiger partial charge in [-0.25, -0.2) is 15.8 Å². The maximum absolute atomic E-state index is 12.6. The normalized spacial score (nSPS) is 11.5. The third-order valence-electron chi connectivity index (χ3n) is 3.95. The third kappa shape index (κ3) is 6.68. The zero-order valence-corrected chi connectivity index (χ0v) is 17.1. The number of nitrogens with one attached hydrogen (secondary N) is 4. The Morgan fingerprint density at radius 3 is 1.85 bits per heavy atom. The number of nitrogens with zero attached hydrogens (tertiary/aromatic N) is 4. The van der Waals surface area contributed by atoms with E-state index in [0.29, 0.717) is 0 Å². The van der Waals surface area contributed by atoms with E-state index in [2.05, 4.69) is 41.5 Å². The molecule has 0 unspecified atom stereocenters. The summed E-state index contributed by atoms with van der Waals surface area (Å²) in [4.78, 5) is 42.9. The van der Waals surface area contributed by atoms with Crippen LogP contribution in [0.2, 0.25) is 0 Å². The fourth-order valence-corrected chi connectivity index (χ4v) is 2.40. The minimum Gasteiger partial charge on any atom is -0.364 e. The van der Waals surface area contributed by atoms with Gasteiger partial charge >= 0.3 is 0 Å². The Kier molecular flexibility index (Phi) is 7.73. The number of nitrogens with two attached hydrogens (primary N) is 1. The number of hydrogen-bond acceptors (Lipinski definition) is 8. The average molecular weight is 445 g/mol. The molecule has 2 aromatic carbocycles. The zero-order chi connectivity index (χ0) is 23.5. The first-order valence-electron chi connectivity index (χ1n) is 9.48. The van der Waals surface area contributed by atoms with Gasteiger partial charge in [0.2, 0.25) is 5.71 Å². The van der Waals surface area contributed by atoms with Crippen molar-refractivity contribution in [2.75, 3.05) is 5.43 Å². The van der Waals surface area contributed by atoms with Crippen LogP contribution < -0.4 is 22.0 Å². The molecule has 166 valence electrons. The van der Waals surface area contributed by atoms with E-state index >= 15 is 0 Å². The van der Waals surface area contributed by atoms with Crippen LogP contribution in [0.1, 0.15) is 21.6 Å². The lowest BCUT2D eigenvalue weighted by Crippen LogP contribution is -2.39. The molecule has 6 N–H and O–H groups in total. The molecule has 0 saturated carbocycles. The van der Waals surface area contributed by atoms with Gasteiger partial charge in [0.25, 0.3) is 17.7 Å². The summed E-state index contributed by atoms with van der Waals surface area (Å²) < 4.78 is 0. The maximum atomic E-state index is 12.6. The molecule has 12 heteroatoms. The van der Waals surface area contributed by atoms with Gasteiger partial charge in [0.05, 0.1) is 18.8 Å². The van der Waals surface area contributed by atoms with Crippen molar-refractivity contribution in [1.29, 1.82) is 0 Å². The van der Waals surface area contributed by atoms with Crippen LogP contribution in [0, 0.1) is 0 Å². The summed E-state index contributed by atoms with van der Waals surface area (Å²) >= 11 is 0. The molecular weight excluding hydrogens is 426 g/mol. The molecule has 0 atom stereocenters. The summed E-state index contributed by atoms with van der Waals surface area (Å²) in [6.07, 6.45) is 3.99. The molecule has 0 spiro atoms. The topological polar surface area (TPSA) is 179 Å². The number of amides is 3. The Hall–Kier alpha value is -5.13. The van der Waals surface area contributed by atoms with E-state index in [4.69, 9.17) is 5.73 Å². The number of primary amides is 1. The van der Waals surface area contributed by atoms with Gasteiger partial charge in [-0.05, 0) is 11.1 Å². The van der Waals surface area contributed by atoms with Crippen LogP contribution in [-0.2, 0) is 9.59 Å². The van der Waals surface area contributed by atoms with Crippen LogP contribution in [0.3, 0.4) is 0 Å². The highest BCUT2D eigenvalue weighted by Crippen LogP contribution is 2.08. The van der Waals surface area contributed by atoms with E-state index in [-0.39, 0.29) is 11.5 Å². The lowest BCUT2D eigenvalue weighted by Gasteiger charge is -2.05. The fourth-order valence-electron chi connectivity index (χ4n) is 2.40. The van der Waals surface area contributed by atoms with Crippen molar-refractivity contribution in [3.8, 4) is 0 Å². The molecule has 1 heterocycles. The van der Waals surface area contributed by atoms with Crippen molar-refractivity contribution < 1.29 is 14.4 Å². The monoisotopic (exact) mass is 445 g/mol. The fraction of sp³-hybridized carbons (Fsp3) is 0. The summed E-state index contributed by atoms with van der Waals surface area (Å²) in [7, 11) is 0. The van der Waals surface area contributed by atoms with Crippen molar-refractivity contribution in [3.63, 3.8) is 0 Å². The molecule has 0 aliphatic rings. The number of hydrogen-bond donors (Lipinski definition) is 5. The number of carbonyl (C=O) groups is 3. The highest BCUT2D eigenvalue weighted by atomic mass is 16.2. The minimum atomic E-state index is -0.932. The Labute approximate surface area is 187 Å². The van der Waals surface area contributed by atoms with Gasteiger partial charge < -0.3 is 10.7 Å². The van der Waals surface area contributed by atoms with Crippen molar-refractivity contribution in [3.05, 3.63) is 83.8 Å². The molecule has 3 rings (SSSR count). The van der Waals surface area contributed by atoms with Gasteiger partial charge in [-0.3, -0.25) is 19.8 Å². The van der Waals surface area contributed by atoms with Crippen LogP contribution in [0.25, 0.3) is 0 Å². The number of rotatable bonds is 9. The molecule has 12 nitrogen and oxygen atoms in total. The first kappa shape index (κ1) is 22.6. The summed E-state index contributed by atoms with van der Waals surface area (Å²) in [6, 6.07) is 18.0. The predicted octanol–water partition coefficient (Wildman–Crippen LogP) is 0.577. The molecule has 0 fully saturated rings. The number of aromatic nitrogens is 2. The highest BCUT2D eigenvalue weighted by molar-refractivity contribution is 6.65. The zero-order valence-electron chi connectivity index (χ0n) is 17.1. The summed E-state index contributed by atoms with van der Waals surface area (Å²) in [5.74, 6) is -2.74. The van der Waals surface area contributed by atoms with Crippen molar-refractivity contribution in [2.45, 2.75) is 0 Å². The van der Waals surface area contributed by atoms with Gasteiger partial charge in [0.1, 0.15) is 5.69 Å². The minimum absolute atomic E-state index is 0.0684. The van der Waals surface area contributed by atoms with Crippen molar-refractivity contribution in [2.24, 2.45) is 21.0 Å². The van der Waals surface area contributed by atoms with Crippen LogP contribution in [0.15, 0.2) is 82.3 Å². The first-order chi connectivity index (χ1) is 16.0. The van der Waals surface area contributed by atoms with Gasteiger partial charge in [-0.15, -0.1) is 0 Å². The van der Waals surface area contributed by atoms with Crippen LogP contribution in [0.4, 0.5) is 5.82 Å². The summed E-state index contributed by atoms with van der Waals surface area (Å²) in [6.45, 7) is 0.